The molecule has 132 valence electrons. The highest BCUT2D eigenvalue weighted by Gasteiger charge is 2.12. The Morgan fingerprint density at radius 3 is 2.68 bits per heavy atom. The first-order valence-electron chi connectivity index (χ1n) is 7.60. The third-order valence-corrected chi connectivity index (χ3v) is 7.19. The van der Waals surface area contributed by atoms with Crippen molar-refractivity contribution in [3.8, 4) is 5.75 Å². The quantitative estimate of drug-likeness (QED) is 0.610. The van der Waals surface area contributed by atoms with E-state index >= 15 is 0 Å². The van der Waals surface area contributed by atoms with Crippen molar-refractivity contribution in [2.45, 2.75) is 11.3 Å². The molecule has 1 aromatic heterocycles. The Morgan fingerprint density at radius 2 is 1.96 bits per heavy atom. The van der Waals surface area contributed by atoms with Gasteiger partial charge in [0.25, 0.3) is 0 Å². The van der Waals surface area contributed by atoms with E-state index in [1.807, 2.05) is 37.3 Å². The molecule has 1 heterocycles. The Hall–Kier alpha value is -1.77. The lowest BCUT2D eigenvalue weighted by Crippen LogP contribution is -2.18. The van der Waals surface area contributed by atoms with E-state index in [9.17, 15) is 8.42 Å². The van der Waals surface area contributed by atoms with Gasteiger partial charge < -0.3 is 4.74 Å². The highest BCUT2D eigenvalue weighted by atomic mass is 32.2. The van der Waals surface area contributed by atoms with E-state index < -0.39 is 10.0 Å². The van der Waals surface area contributed by atoms with Crippen molar-refractivity contribution in [2.75, 3.05) is 23.3 Å². The van der Waals surface area contributed by atoms with Crippen LogP contribution in [0.15, 0.2) is 46.8 Å². The second-order valence-corrected chi connectivity index (χ2v) is 9.66. The summed E-state index contributed by atoms with van der Waals surface area (Å²) in [5, 5.41) is 0. The number of hydrogen-bond acceptors (Lipinski definition) is 6. The van der Waals surface area contributed by atoms with Crippen molar-refractivity contribution in [3.05, 3.63) is 48.0 Å². The molecule has 0 bridgehead atoms. The Morgan fingerprint density at radius 1 is 1.20 bits per heavy atom. The average molecular weight is 395 g/mol. The van der Waals surface area contributed by atoms with Crippen molar-refractivity contribution in [3.63, 3.8) is 0 Å². The Bertz CT molecular complexity index is 966. The van der Waals surface area contributed by atoms with Gasteiger partial charge in [-0.3, -0.25) is 4.72 Å². The molecular weight excluding hydrogens is 376 g/mol. The standard InChI is InChI=1S/C17H18N2O3S3/c1-12-3-5-13(6-4-12)19-25(20,21)10-9-23-17-18-15-8-7-14(22-2)11-16(15)24-17/h3-8,11,19H,9-10H2,1-2H3. The minimum Gasteiger partial charge on any atom is -0.497 e. The minimum atomic E-state index is -3.37. The SMILES string of the molecule is COc1ccc2nc(SCCS(=O)(=O)Nc3ccc(C)cc3)sc2c1. The Labute approximate surface area is 155 Å². The number of fused-ring (bicyclic) bond motifs is 1. The summed E-state index contributed by atoms with van der Waals surface area (Å²) in [4.78, 5) is 4.51. The third kappa shape index (κ3) is 4.87. The molecule has 0 atom stereocenters. The lowest BCUT2D eigenvalue weighted by atomic mass is 10.2. The van der Waals surface area contributed by atoms with Crippen molar-refractivity contribution >= 4 is 49.0 Å². The van der Waals surface area contributed by atoms with Crippen molar-refractivity contribution in [2.24, 2.45) is 0 Å². The normalized spacial score (nSPS) is 11.6. The molecule has 5 nitrogen and oxygen atoms in total. The fourth-order valence-corrected chi connectivity index (χ4v) is 5.79. The smallest absolute Gasteiger partial charge is 0.233 e. The molecule has 0 spiro atoms. The number of benzene rings is 2. The lowest BCUT2D eigenvalue weighted by Gasteiger charge is -2.07. The van der Waals surface area contributed by atoms with Gasteiger partial charge in [0.05, 0.1) is 23.1 Å². The molecule has 3 rings (SSSR count). The summed E-state index contributed by atoms with van der Waals surface area (Å²) in [6.45, 7) is 1.96. The maximum Gasteiger partial charge on any atom is 0.233 e. The van der Waals surface area contributed by atoms with Crippen molar-refractivity contribution in [1.29, 1.82) is 0 Å². The molecule has 0 unspecified atom stereocenters. The van der Waals surface area contributed by atoms with E-state index in [1.165, 1.54) is 23.1 Å². The average Bonchev–Trinajstić information content (AvgIpc) is 2.98. The maximum atomic E-state index is 12.2. The zero-order valence-electron chi connectivity index (χ0n) is 13.9. The van der Waals surface area contributed by atoms with Gasteiger partial charge in [0.2, 0.25) is 10.0 Å². The summed E-state index contributed by atoms with van der Waals surface area (Å²) < 4.78 is 34.0. The second kappa shape index (κ2) is 7.63. The van der Waals surface area contributed by atoms with Crippen LogP contribution in [0.25, 0.3) is 10.2 Å². The van der Waals surface area contributed by atoms with Crippen LogP contribution in [0.1, 0.15) is 5.56 Å². The topological polar surface area (TPSA) is 68.3 Å². The first kappa shape index (κ1) is 18.0. The summed E-state index contributed by atoms with van der Waals surface area (Å²) in [6.07, 6.45) is 0. The fourth-order valence-electron chi connectivity index (χ4n) is 2.16. The number of nitrogens with zero attached hydrogens (tertiary/aromatic N) is 1. The number of thiazole rings is 1. The molecule has 0 aliphatic heterocycles. The van der Waals surface area contributed by atoms with Gasteiger partial charge in [-0.2, -0.15) is 0 Å². The van der Waals surface area contributed by atoms with E-state index in [-0.39, 0.29) is 5.75 Å². The molecular formula is C17H18N2O3S3. The molecule has 25 heavy (non-hydrogen) atoms. The van der Waals surface area contributed by atoms with Crippen molar-refractivity contribution in [1.82, 2.24) is 4.98 Å². The molecule has 0 aliphatic carbocycles. The predicted molar refractivity (Wildman–Crippen MR) is 105 cm³/mol. The van der Waals surface area contributed by atoms with Gasteiger partial charge in [-0.25, -0.2) is 13.4 Å². The molecule has 1 N–H and O–H groups in total. The van der Waals surface area contributed by atoms with Crippen molar-refractivity contribution < 1.29 is 13.2 Å². The summed E-state index contributed by atoms with van der Waals surface area (Å²) in [7, 11) is -1.74. The van der Waals surface area contributed by atoms with E-state index in [0.717, 1.165) is 25.9 Å². The number of ether oxygens (including phenoxy) is 1. The van der Waals surface area contributed by atoms with Gasteiger partial charge in [0.1, 0.15) is 5.75 Å². The Kier molecular flexibility index (Phi) is 5.51. The van der Waals surface area contributed by atoms with E-state index in [4.69, 9.17) is 4.74 Å². The molecule has 8 heteroatoms. The van der Waals surface area contributed by atoms with Gasteiger partial charge in [0, 0.05) is 11.4 Å². The number of nitrogens with one attached hydrogen (secondary N) is 1. The summed E-state index contributed by atoms with van der Waals surface area (Å²) in [5.74, 6) is 1.26. The minimum absolute atomic E-state index is 0.0325. The van der Waals surface area contributed by atoms with Crippen LogP contribution < -0.4 is 9.46 Å². The van der Waals surface area contributed by atoms with Crippen LogP contribution >= 0.6 is 23.1 Å². The molecule has 2 aromatic carbocycles. The van der Waals surface area contributed by atoms with Gasteiger partial charge >= 0.3 is 0 Å². The van der Waals surface area contributed by atoms with Crippen LogP contribution in [0.4, 0.5) is 5.69 Å². The summed E-state index contributed by atoms with van der Waals surface area (Å²) in [5.41, 5.74) is 2.57. The number of sulfonamides is 1. The van der Waals surface area contributed by atoms with Gasteiger partial charge in [0.15, 0.2) is 4.34 Å². The summed E-state index contributed by atoms with van der Waals surface area (Å²) >= 11 is 2.99. The first-order valence-corrected chi connectivity index (χ1v) is 11.1. The molecule has 0 saturated carbocycles. The molecule has 0 saturated heterocycles. The maximum absolute atomic E-state index is 12.2. The molecule has 0 fully saturated rings. The molecule has 3 aromatic rings. The van der Waals surface area contributed by atoms with Crippen LogP contribution in [-0.2, 0) is 10.0 Å². The largest absolute Gasteiger partial charge is 0.497 e. The number of anilines is 1. The van der Waals surface area contributed by atoms with Crippen LogP contribution in [-0.4, -0.2) is 32.0 Å². The fraction of sp³-hybridized carbons (Fsp3) is 0.235. The second-order valence-electron chi connectivity index (χ2n) is 5.45. The summed E-state index contributed by atoms with van der Waals surface area (Å²) in [6, 6.07) is 13.0. The number of hydrogen-bond donors (Lipinski definition) is 1. The number of aromatic nitrogens is 1. The van der Waals surface area contributed by atoms with Crippen LogP contribution in [0.2, 0.25) is 0 Å². The first-order chi connectivity index (χ1) is 11.9. The zero-order valence-corrected chi connectivity index (χ0v) is 16.3. The predicted octanol–water partition coefficient (Wildman–Crippen LogP) is 4.15. The number of aryl methyl sites for hydroxylation is 1. The zero-order chi connectivity index (χ0) is 17.9. The van der Waals surface area contributed by atoms with Gasteiger partial charge in [-0.15, -0.1) is 11.3 Å². The highest BCUT2D eigenvalue weighted by molar-refractivity contribution is 8.02. The highest BCUT2D eigenvalue weighted by Crippen LogP contribution is 2.31. The van der Waals surface area contributed by atoms with Gasteiger partial charge in [-0.1, -0.05) is 29.5 Å². The number of methoxy groups -OCH3 is 1. The Balaban J connectivity index is 1.59. The molecule has 0 aliphatic rings. The molecule has 0 amide bonds. The van der Waals surface area contributed by atoms with E-state index in [2.05, 4.69) is 9.71 Å². The van der Waals surface area contributed by atoms with Crippen LogP contribution in [0, 0.1) is 6.92 Å². The number of thioether (sulfide) groups is 1. The van der Waals surface area contributed by atoms with E-state index in [1.54, 1.807) is 19.2 Å². The number of rotatable bonds is 7. The van der Waals surface area contributed by atoms with Gasteiger partial charge in [-0.05, 0) is 37.3 Å². The monoisotopic (exact) mass is 394 g/mol. The van der Waals surface area contributed by atoms with Crippen LogP contribution in [0.3, 0.4) is 0 Å². The lowest BCUT2D eigenvalue weighted by molar-refractivity contribution is 0.415. The van der Waals surface area contributed by atoms with E-state index in [0.29, 0.717) is 11.4 Å². The molecule has 0 radical (unpaired) electrons. The van der Waals surface area contributed by atoms with Crippen LogP contribution in [0.5, 0.6) is 5.75 Å². The third-order valence-electron chi connectivity index (χ3n) is 3.48.